The van der Waals surface area contributed by atoms with Crippen LogP contribution in [0.1, 0.15) is 0 Å². The monoisotopic (exact) mass is 132 g/mol. The van der Waals surface area contributed by atoms with E-state index in [9.17, 15) is 10.1 Å². The number of rotatable bonds is 0. The van der Waals surface area contributed by atoms with Crippen molar-refractivity contribution in [3.05, 3.63) is 10.1 Å². The lowest BCUT2D eigenvalue weighted by Gasteiger charge is -1.80. The predicted octanol–water partition coefficient (Wildman–Crippen LogP) is -1.81. The molecule has 0 saturated heterocycles. The van der Waals surface area contributed by atoms with Gasteiger partial charge in [-0.3, -0.25) is 0 Å². The highest BCUT2D eigenvalue weighted by molar-refractivity contribution is 5.71. The van der Waals surface area contributed by atoms with Gasteiger partial charge in [0.1, 0.15) is 10.4 Å². The molecule has 0 fully saturated rings. The Balaban J connectivity index is 2.75. The number of nitrogens with one attached hydrogen (secondary N) is 1. The molecule has 0 bridgehead atoms. The molecule has 0 spiro atoms. The van der Waals surface area contributed by atoms with Crippen LogP contribution in [0.15, 0.2) is 15.4 Å². The zero-order valence-electron chi connectivity index (χ0n) is 4.05. The molecule has 0 aliphatic carbocycles. The molecule has 0 saturated carbocycles. The number of quaternary nitrogens is 1. The highest BCUT2D eigenvalue weighted by Crippen LogP contribution is 1.83. The summed E-state index contributed by atoms with van der Waals surface area (Å²) in [6.07, 6.45) is 0. The topological polar surface area (TPSA) is 105 Å². The Labute approximate surface area is 48.2 Å². The molecule has 1 rings (SSSR count). The van der Waals surface area contributed by atoms with Gasteiger partial charge in [-0.2, -0.15) is 0 Å². The Morgan fingerprint density at radius 1 is 1.78 bits per heavy atom. The van der Waals surface area contributed by atoms with E-state index >= 15 is 0 Å². The second-order valence-corrected chi connectivity index (χ2v) is 1.17. The Hall–Kier alpha value is -1.41. The van der Waals surface area contributed by atoms with Crippen molar-refractivity contribution in [3.8, 4) is 0 Å². The smallest absolute Gasteiger partial charge is 0.390 e. The van der Waals surface area contributed by atoms with Crippen molar-refractivity contribution in [1.29, 1.82) is 0 Å². The largest absolute Gasteiger partial charge is 0.554 e. The van der Waals surface area contributed by atoms with Crippen molar-refractivity contribution >= 4 is 5.96 Å². The lowest BCUT2D eigenvalue weighted by Crippen LogP contribution is -2.98. The van der Waals surface area contributed by atoms with Gasteiger partial charge in [-0.25, -0.2) is 0 Å². The van der Waals surface area contributed by atoms with Crippen LogP contribution in [0.3, 0.4) is 0 Å². The van der Waals surface area contributed by atoms with Gasteiger partial charge in [0.25, 0.3) is 0 Å². The maximum absolute atomic E-state index is 9.74. The van der Waals surface area contributed by atoms with E-state index in [1.807, 2.05) is 0 Å². The number of nitrogens with zero attached hydrogens (tertiary/aromatic N) is 4. The van der Waals surface area contributed by atoms with E-state index in [0.29, 0.717) is 0 Å². The van der Waals surface area contributed by atoms with Crippen molar-refractivity contribution in [2.24, 2.45) is 15.4 Å². The van der Waals surface area contributed by atoms with Crippen molar-refractivity contribution in [2.45, 2.75) is 0 Å². The Bertz CT molecular complexity index is 194. The third kappa shape index (κ3) is 1.03. The summed E-state index contributed by atoms with van der Waals surface area (Å²) in [5, 5.41) is 26.1. The normalized spacial score (nSPS) is 24.1. The zero-order chi connectivity index (χ0) is 6.85. The lowest BCUT2D eigenvalue weighted by molar-refractivity contribution is -1.10. The fourth-order valence-corrected chi connectivity index (χ4v) is 0.301. The van der Waals surface area contributed by atoms with Crippen LogP contribution in [0.25, 0.3) is 0 Å². The highest BCUT2D eigenvalue weighted by Gasteiger charge is 2.28. The highest BCUT2D eigenvalue weighted by atomic mass is 16.6. The first-order valence-electron chi connectivity index (χ1n) is 1.91. The SMILES string of the molecule is O=[N+]([O-])C1=N[NH+](O)N=N1. The Morgan fingerprint density at radius 3 is 2.67 bits per heavy atom. The van der Waals surface area contributed by atoms with Crippen LogP contribution >= 0.6 is 0 Å². The summed E-state index contributed by atoms with van der Waals surface area (Å²) in [4.78, 5) is 8.90. The third-order valence-corrected chi connectivity index (χ3v) is 0.592. The number of nitro groups is 1. The second kappa shape index (κ2) is 1.84. The van der Waals surface area contributed by atoms with Gasteiger partial charge >= 0.3 is 5.96 Å². The first-order valence-corrected chi connectivity index (χ1v) is 1.91. The molecule has 0 amide bonds. The molecule has 1 aliphatic heterocycles. The summed E-state index contributed by atoms with van der Waals surface area (Å²) in [6, 6.07) is 0. The Morgan fingerprint density at radius 2 is 2.44 bits per heavy atom. The molecule has 2 N–H and O–H groups in total. The molecule has 8 nitrogen and oxygen atoms in total. The molecule has 1 unspecified atom stereocenters. The number of guanidine groups is 1. The summed E-state index contributed by atoms with van der Waals surface area (Å²) in [5.41, 5.74) is 0. The second-order valence-electron chi connectivity index (χ2n) is 1.17. The molecule has 1 aliphatic rings. The fourth-order valence-electron chi connectivity index (χ4n) is 0.301. The predicted molar refractivity (Wildman–Crippen MR) is 22.0 cm³/mol. The van der Waals surface area contributed by atoms with Crippen molar-refractivity contribution in [1.82, 2.24) is 0 Å². The lowest BCUT2D eigenvalue weighted by atomic mass is 11.1. The molecular formula is CH2N5O3+. The van der Waals surface area contributed by atoms with Gasteiger partial charge in [0.2, 0.25) is 0 Å². The molecule has 0 aromatic carbocycles. The summed E-state index contributed by atoms with van der Waals surface area (Å²) in [5.74, 6) is -0.687. The molecule has 0 aromatic rings. The summed E-state index contributed by atoms with van der Waals surface area (Å²) < 4.78 is 0. The zero-order valence-corrected chi connectivity index (χ0v) is 4.05. The molecule has 8 heteroatoms. The third-order valence-electron chi connectivity index (χ3n) is 0.592. The van der Waals surface area contributed by atoms with Gasteiger partial charge in [-0.15, -0.1) is 5.21 Å². The van der Waals surface area contributed by atoms with Gasteiger partial charge in [0, 0.05) is 0 Å². The molecule has 48 valence electrons. The van der Waals surface area contributed by atoms with E-state index in [2.05, 4.69) is 15.4 Å². The first-order chi connectivity index (χ1) is 4.20. The van der Waals surface area contributed by atoms with Gasteiger partial charge in [-0.05, 0) is 4.92 Å². The molecule has 0 aromatic heterocycles. The summed E-state index contributed by atoms with van der Waals surface area (Å²) >= 11 is 0. The van der Waals surface area contributed by atoms with Crippen LogP contribution in [-0.4, -0.2) is 16.1 Å². The van der Waals surface area contributed by atoms with E-state index < -0.39 is 16.2 Å². The van der Waals surface area contributed by atoms with Crippen molar-refractivity contribution < 1.29 is 15.4 Å². The number of hydrogen-bond acceptors (Lipinski definition) is 6. The van der Waals surface area contributed by atoms with Crippen LogP contribution in [0.2, 0.25) is 0 Å². The summed E-state index contributed by atoms with van der Waals surface area (Å²) in [7, 11) is 0. The standard InChI is InChI=1S/CHN5O3/c7-5(8)1-2-4-6(9)3-1/h9H/p+1. The molecule has 9 heavy (non-hydrogen) atoms. The van der Waals surface area contributed by atoms with Gasteiger partial charge in [-0.1, -0.05) is 0 Å². The maximum Gasteiger partial charge on any atom is 0.554 e. The molecule has 1 heterocycles. The van der Waals surface area contributed by atoms with E-state index in [1.165, 1.54) is 0 Å². The molecule has 1 atom stereocenters. The first kappa shape index (κ1) is 5.72. The molecular weight excluding hydrogens is 130 g/mol. The van der Waals surface area contributed by atoms with E-state index in [-0.39, 0.29) is 0 Å². The molecule has 0 radical (unpaired) electrons. The minimum Gasteiger partial charge on any atom is -0.390 e. The quantitative estimate of drug-likeness (QED) is 0.299. The van der Waals surface area contributed by atoms with Crippen LogP contribution in [0.4, 0.5) is 0 Å². The van der Waals surface area contributed by atoms with Gasteiger partial charge in [0.05, 0.1) is 0 Å². The van der Waals surface area contributed by atoms with Crippen molar-refractivity contribution in [2.75, 3.05) is 0 Å². The van der Waals surface area contributed by atoms with Crippen LogP contribution < -0.4 is 5.28 Å². The fraction of sp³-hybridized carbons (Fsp3) is 0. The average molecular weight is 132 g/mol. The van der Waals surface area contributed by atoms with Crippen LogP contribution in [-0.2, 0) is 0 Å². The van der Waals surface area contributed by atoms with Crippen LogP contribution in [0, 0.1) is 10.1 Å². The van der Waals surface area contributed by atoms with Crippen LogP contribution in [0.5, 0.6) is 0 Å². The van der Waals surface area contributed by atoms with E-state index in [0.717, 1.165) is 0 Å². The minimum absolute atomic E-state index is 0.679. The van der Waals surface area contributed by atoms with Crippen molar-refractivity contribution in [3.63, 3.8) is 0 Å². The average Bonchev–Trinajstić information content (AvgIpc) is 2.14. The minimum atomic E-state index is -0.841. The number of hydrogen-bond donors (Lipinski definition) is 2. The maximum atomic E-state index is 9.74. The van der Waals surface area contributed by atoms with E-state index in [1.54, 1.807) is 0 Å². The van der Waals surface area contributed by atoms with Gasteiger partial charge < -0.3 is 10.1 Å². The Kier molecular flexibility index (Phi) is 1.17. The summed E-state index contributed by atoms with van der Waals surface area (Å²) in [6.45, 7) is 0. The van der Waals surface area contributed by atoms with Gasteiger partial charge in [0.15, 0.2) is 10.3 Å². The van der Waals surface area contributed by atoms with E-state index in [4.69, 9.17) is 5.21 Å².